The number of allylic oxidation sites excluding steroid dienone is 1. The first-order valence-corrected chi connectivity index (χ1v) is 6.45. The third-order valence-corrected chi connectivity index (χ3v) is 3.28. The first kappa shape index (κ1) is 13.4. The molecular formula is C16H20N2O. The SMILES string of the molecule is C=CCC(C)c1ccc(-n2cnc(C)c2)c(OC)c1. The van der Waals surface area contributed by atoms with E-state index in [4.69, 9.17) is 4.74 Å². The minimum absolute atomic E-state index is 0.449. The number of rotatable bonds is 5. The zero-order chi connectivity index (χ0) is 13.8. The minimum atomic E-state index is 0.449. The van der Waals surface area contributed by atoms with Crippen LogP contribution in [0.1, 0.15) is 30.5 Å². The van der Waals surface area contributed by atoms with Crippen LogP contribution in [0.15, 0.2) is 43.4 Å². The van der Waals surface area contributed by atoms with E-state index in [2.05, 4.69) is 36.7 Å². The van der Waals surface area contributed by atoms with Crippen LogP contribution in [0.4, 0.5) is 0 Å². The van der Waals surface area contributed by atoms with Crippen LogP contribution >= 0.6 is 0 Å². The molecular weight excluding hydrogens is 236 g/mol. The third-order valence-electron chi connectivity index (χ3n) is 3.28. The topological polar surface area (TPSA) is 27.1 Å². The second-order valence-electron chi connectivity index (χ2n) is 4.78. The second kappa shape index (κ2) is 5.74. The molecule has 0 aliphatic carbocycles. The fourth-order valence-electron chi connectivity index (χ4n) is 2.15. The number of hydrogen-bond acceptors (Lipinski definition) is 2. The van der Waals surface area contributed by atoms with E-state index in [0.717, 1.165) is 23.6 Å². The first-order chi connectivity index (χ1) is 9.15. The Morgan fingerprint density at radius 1 is 1.47 bits per heavy atom. The Bertz CT molecular complexity index is 572. The zero-order valence-electron chi connectivity index (χ0n) is 11.8. The van der Waals surface area contributed by atoms with Crippen LogP contribution < -0.4 is 4.74 Å². The van der Waals surface area contributed by atoms with Crippen LogP contribution in [-0.4, -0.2) is 16.7 Å². The maximum atomic E-state index is 5.50. The average molecular weight is 256 g/mol. The monoisotopic (exact) mass is 256 g/mol. The van der Waals surface area contributed by atoms with E-state index < -0.39 is 0 Å². The van der Waals surface area contributed by atoms with Gasteiger partial charge in [0.25, 0.3) is 0 Å². The predicted octanol–water partition coefficient (Wildman–Crippen LogP) is 3.87. The lowest BCUT2D eigenvalue weighted by molar-refractivity contribution is 0.412. The molecule has 2 rings (SSSR count). The second-order valence-corrected chi connectivity index (χ2v) is 4.78. The van der Waals surface area contributed by atoms with Crippen LogP contribution in [0.3, 0.4) is 0 Å². The van der Waals surface area contributed by atoms with Gasteiger partial charge in [0.05, 0.1) is 24.8 Å². The van der Waals surface area contributed by atoms with Crippen molar-refractivity contribution in [3.05, 3.63) is 54.6 Å². The van der Waals surface area contributed by atoms with Crippen molar-refractivity contribution < 1.29 is 4.74 Å². The maximum absolute atomic E-state index is 5.50. The van der Waals surface area contributed by atoms with Crippen LogP contribution in [0.25, 0.3) is 5.69 Å². The number of hydrogen-bond donors (Lipinski definition) is 0. The molecule has 1 atom stereocenters. The summed E-state index contributed by atoms with van der Waals surface area (Å²) in [6, 6.07) is 6.31. The number of benzene rings is 1. The molecule has 0 fully saturated rings. The summed E-state index contributed by atoms with van der Waals surface area (Å²) >= 11 is 0. The molecule has 0 saturated heterocycles. The quantitative estimate of drug-likeness (QED) is 0.759. The molecule has 0 aliphatic heterocycles. The average Bonchev–Trinajstić information content (AvgIpc) is 2.84. The van der Waals surface area contributed by atoms with Gasteiger partial charge in [-0.3, -0.25) is 0 Å². The van der Waals surface area contributed by atoms with Crippen molar-refractivity contribution in [1.29, 1.82) is 0 Å². The molecule has 0 N–H and O–H groups in total. The minimum Gasteiger partial charge on any atom is -0.495 e. The fraction of sp³-hybridized carbons (Fsp3) is 0.312. The molecule has 0 bridgehead atoms. The highest BCUT2D eigenvalue weighted by Crippen LogP contribution is 2.29. The summed E-state index contributed by atoms with van der Waals surface area (Å²) in [6.07, 6.45) is 6.71. The van der Waals surface area contributed by atoms with Crippen molar-refractivity contribution in [2.24, 2.45) is 0 Å². The smallest absolute Gasteiger partial charge is 0.143 e. The molecule has 0 saturated carbocycles. The zero-order valence-corrected chi connectivity index (χ0v) is 11.8. The van der Waals surface area contributed by atoms with Gasteiger partial charge in [0, 0.05) is 6.20 Å². The summed E-state index contributed by atoms with van der Waals surface area (Å²) in [7, 11) is 1.70. The highest BCUT2D eigenvalue weighted by Gasteiger charge is 2.10. The normalized spacial score (nSPS) is 12.2. The van der Waals surface area contributed by atoms with Crippen molar-refractivity contribution in [2.75, 3.05) is 7.11 Å². The molecule has 3 heteroatoms. The van der Waals surface area contributed by atoms with Gasteiger partial charge in [0.2, 0.25) is 0 Å². The predicted molar refractivity (Wildman–Crippen MR) is 78.1 cm³/mol. The van der Waals surface area contributed by atoms with Crippen molar-refractivity contribution in [2.45, 2.75) is 26.2 Å². The molecule has 0 radical (unpaired) electrons. The summed E-state index contributed by atoms with van der Waals surface area (Å²) in [5, 5.41) is 0. The Balaban J connectivity index is 2.39. The summed E-state index contributed by atoms with van der Waals surface area (Å²) in [4.78, 5) is 4.25. The number of aryl methyl sites for hydroxylation is 1. The van der Waals surface area contributed by atoms with Crippen molar-refractivity contribution in [3.63, 3.8) is 0 Å². The van der Waals surface area contributed by atoms with Gasteiger partial charge in [-0.25, -0.2) is 4.98 Å². The summed E-state index contributed by atoms with van der Waals surface area (Å²) < 4.78 is 7.49. The van der Waals surface area contributed by atoms with E-state index in [1.54, 1.807) is 13.4 Å². The lowest BCUT2D eigenvalue weighted by Crippen LogP contribution is -1.99. The van der Waals surface area contributed by atoms with E-state index in [1.807, 2.05) is 23.8 Å². The molecule has 0 spiro atoms. The van der Waals surface area contributed by atoms with Gasteiger partial charge in [0.15, 0.2) is 0 Å². The number of ether oxygens (including phenoxy) is 1. The number of imidazole rings is 1. The van der Waals surface area contributed by atoms with Crippen LogP contribution in [-0.2, 0) is 0 Å². The van der Waals surface area contributed by atoms with E-state index in [1.165, 1.54) is 5.56 Å². The Hall–Kier alpha value is -2.03. The van der Waals surface area contributed by atoms with E-state index in [9.17, 15) is 0 Å². The molecule has 3 nitrogen and oxygen atoms in total. The van der Waals surface area contributed by atoms with E-state index in [-0.39, 0.29) is 0 Å². The van der Waals surface area contributed by atoms with Crippen molar-refractivity contribution >= 4 is 0 Å². The first-order valence-electron chi connectivity index (χ1n) is 6.45. The number of methoxy groups -OCH3 is 1. The van der Waals surface area contributed by atoms with Gasteiger partial charge in [-0.15, -0.1) is 6.58 Å². The summed E-state index contributed by atoms with van der Waals surface area (Å²) in [5.41, 5.74) is 3.26. The molecule has 1 unspecified atom stereocenters. The summed E-state index contributed by atoms with van der Waals surface area (Å²) in [5.74, 6) is 1.32. The van der Waals surface area contributed by atoms with Gasteiger partial charge in [-0.2, -0.15) is 0 Å². The highest BCUT2D eigenvalue weighted by atomic mass is 16.5. The Kier molecular flexibility index (Phi) is 4.05. The molecule has 0 aliphatic rings. The van der Waals surface area contributed by atoms with Crippen molar-refractivity contribution in [3.8, 4) is 11.4 Å². The molecule has 2 aromatic rings. The molecule has 0 amide bonds. The fourth-order valence-corrected chi connectivity index (χ4v) is 2.15. The van der Waals surface area contributed by atoms with E-state index in [0.29, 0.717) is 5.92 Å². The largest absolute Gasteiger partial charge is 0.495 e. The van der Waals surface area contributed by atoms with Crippen LogP contribution in [0, 0.1) is 6.92 Å². The van der Waals surface area contributed by atoms with Gasteiger partial charge in [-0.05, 0) is 37.0 Å². The number of nitrogens with zero attached hydrogens (tertiary/aromatic N) is 2. The van der Waals surface area contributed by atoms with Crippen LogP contribution in [0.2, 0.25) is 0 Å². The van der Waals surface area contributed by atoms with Gasteiger partial charge < -0.3 is 9.30 Å². The number of aromatic nitrogens is 2. The maximum Gasteiger partial charge on any atom is 0.143 e. The van der Waals surface area contributed by atoms with Crippen molar-refractivity contribution in [1.82, 2.24) is 9.55 Å². The van der Waals surface area contributed by atoms with Gasteiger partial charge in [-0.1, -0.05) is 19.1 Å². The standard InChI is InChI=1S/C16H20N2O/c1-5-6-12(2)14-7-8-15(16(9-14)19-4)18-10-13(3)17-11-18/h5,7-12H,1,6H2,2-4H3. The Labute approximate surface area is 114 Å². The lowest BCUT2D eigenvalue weighted by atomic mass is 9.97. The Morgan fingerprint density at radius 2 is 2.26 bits per heavy atom. The summed E-state index contributed by atoms with van der Waals surface area (Å²) in [6.45, 7) is 7.96. The van der Waals surface area contributed by atoms with Gasteiger partial charge >= 0.3 is 0 Å². The highest BCUT2D eigenvalue weighted by molar-refractivity contribution is 5.49. The molecule has 1 aromatic carbocycles. The molecule has 1 heterocycles. The molecule has 1 aromatic heterocycles. The molecule has 100 valence electrons. The van der Waals surface area contributed by atoms with E-state index >= 15 is 0 Å². The molecule has 19 heavy (non-hydrogen) atoms. The lowest BCUT2D eigenvalue weighted by Gasteiger charge is -2.14. The Morgan fingerprint density at radius 3 is 2.84 bits per heavy atom. The third kappa shape index (κ3) is 2.87. The van der Waals surface area contributed by atoms with Crippen LogP contribution in [0.5, 0.6) is 5.75 Å². The van der Waals surface area contributed by atoms with Gasteiger partial charge in [0.1, 0.15) is 5.75 Å².